The zero-order valence-electron chi connectivity index (χ0n) is 10.8. The van der Waals surface area contributed by atoms with Crippen LogP contribution in [0.3, 0.4) is 0 Å². The molecule has 3 rings (SSSR count). The first kappa shape index (κ1) is 12.4. The molecule has 1 aromatic carbocycles. The third-order valence-electron chi connectivity index (χ3n) is 3.97. The minimum absolute atomic E-state index is 0.00231. The van der Waals surface area contributed by atoms with Gasteiger partial charge >= 0.3 is 0 Å². The van der Waals surface area contributed by atoms with E-state index < -0.39 is 5.82 Å². The summed E-state index contributed by atoms with van der Waals surface area (Å²) >= 11 is 0. The van der Waals surface area contributed by atoms with Crippen molar-refractivity contribution in [3.8, 4) is 0 Å². The Morgan fingerprint density at radius 1 is 1.26 bits per heavy atom. The highest BCUT2D eigenvalue weighted by Crippen LogP contribution is 2.29. The van der Waals surface area contributed by atoms with E-state index in [1.807, 2.05) is 0 Å². The summed E-state index contributed by atoms with van der Waals surface area (Å²) < 4.78 is 18.9. The number of furan rings is 1. The van der Waals surface area contributed by atoms with Crippen molar-refractivity contribution in [2.75, 3.05) is 0 Å². The van der Waals surface area contributed by atoms with Crippen LogP contribution in [0.15, 0.2) is 28.7 Å². The fraction of sp³-hybridized carbons (Fsp3) is 0.438. The Morgan fingerprint density at radius 2 is 2.05 bits per heavy atom. The Balaban J connectivity index is 1.79. The van der Waals surface area contributed by atoms with E-state index in [0.29, 0.717) is 23.5 Å². The van der Waals surface area contributed by atoms with E-state index in [1.165, 1.54) is 25.3 Å². The van der Waals surface area contributed by atoms with E-state index in [9.17, 15) is 9.18 Å². The summed E-state index contributed by atoms with van der Waals surface area (Å²) in [6, 6.07) is 6.40. The van der Waals surface area contributed by atoms with Gasteiger partial charge < -0.3 is 4.42 Å². The van der Waals surface area contributed by atoms with Crippen LogP contribution in [0.2, 0.25) is 0 Å². The van der Waals surface area contributed by atoms with Gasteiger partial charge in [-0.3, -0.25) is 4.79 Å². The molecule has 0 aliphatic heterocycles. The molecule has 3 heteroatoms. The fourth-order valence-corrected chi connectivity index (χ4v) is 2.92. The molecule has 1 heterocycles. The second-order valence-electron chi connectivity index (χ2n) is 5.40. The Morgan fingerprint density at radius 3 is 2.79 bits per heavy atom. The molecule has 1 fully saturated rings. The number of carbonyl (C=O) groups excluding carboxylic acids is 1. The zero-order valence-corrected chi connectivity index (χ0v) is 10.8. The number of fused-ring (bicyclic) bond motifs is 1. The molecule has 0 spiro atoms. The van der Waals surface area contributed by atoms with Gasteiger partial charge in [0.1, 0.15) is 0 Å². The van der Waals surface area contributed by atoms with E-state index in [1.54, 1.807) is 18.2 Å². The first-order valence-electron chi connectivity index (χ1n) is 6.95. The van der Waals surface area contributed by atoms with Gasteiger partial charge in [-0.15, -0.1) is 0 Å². The van der Waals surface area contributed by atoms with Crippen molar-refractivity contribution in [1.29, 1.82) is 0 Å². The van der Waals surface area contributed by atoms with E-state index in [2.05, 4.69) is 0 Å². The van der Waals surface area contributed by atoms with Crippen LogP contribution in [0.25, 0.3) is 11.0 Å². The van der Waals surface area contributed by atoms with Gasteiger partial charge in [-0.1, -0.05) is 44.2 Å². The van der Waals surface area contributed by atoms with E-state index >= 15 is 0 Å². The third-order valence-corrected chi connectivity index (χ3v) is 3.97. The molecule has 0 radical (unpaired) electrons. The minimum Gasteiger partial charge on any atom is -0.450 e. The van der Waals surface area contributed by atoms with Crippen molar-refractivity contribution < 1.29 is 13.6 Å². The van der Waals surface area contributed by atoms with E-state index in [0.717, 1.165) is 12.8 Å². The smallest absolute Gasteiger partial charge is 0.198 e. The second kappa shape index (κ2) is 5.16. The van der Waals surface area contributed by atoms with Crippen LogP contribution in [0.1, 0.15) is 49.1 Å². The van der Waals surface area contributed by atoms with Gasteiger partial charge in [0.2, 0.25) is 0 Å². The molecule has 0 saturated heterocycles. The maximum absolute atomic E-state index is 13.5. The predicted octanol–water partition coefficient (Wildman–Crippen LogP) is 4.73. The summed E-state index contributed by atoms with van der Waals surface area (Å²) in [5, 5.41) is 0.659. The van der Waals surface area contributed by atoms with Crippen LogP contribution in [-0.4, -0.2) is 5.78 Å². The number of benzene rings is 1. The molecule has 2 aromatic rings. The second-order valence-corrected chi connectivity index (χ2v) is 5.40. The topological polar surface area (TPSA) is 30.2 Å². The molecule has 1 aromatic heterocycles. The molecule has 1 aliphatic carbocycles. The van der Waals surface area contributed by atoms with Gasteiger partial charge in [-0.05, 0) is 18.1 Å². The van der Waals surface area contributed by atoms with Crippen LogP contribution < -0.4 is 0 Å². The highest BCUT2D eigenvalue weighted by molar-refractivity contribution is 5.97. The molecule has 2 nitrogen and oxygen atoms in total. The maximum atomic E-state index is 13.5. The lowest BCUT2D eigenvalue weighted by Gasteiger charge is -2.20. The van der Waals surface area contributed by atoms with Crippen molar-refractivity contribution in [1.82, 2.24) is 0 Å². The van der Waals surface area contributed by atoms with Crippen molar-refractivity contribution in [3.63, 3.8) is 0 Å². The monoisotopic (exact) mass is 260 g/mol. The molecule has 1 saturated carbocycles. The predicted molar refractivity (Wildman–Crippen MR) is 71.7 cm³/mol. The highest BCUT2D eigenvalue weighted by atomic mass is 19.1. The van der Waals surface area contributed by atoms with Crippen LogP contribution in [-0.2, 0) is 0 Å². The largest absolute Gasteiger partial charge is 0.450 e. The number of hydrogen-bond donors (Lipinski definition) is 0. The molecule has 0 bridgehead atoms. The number of ketones is 1. The number of hydrogen-bond acceptors (Lipinski definition) is 2. The summed E-state index contributed by atoms with van der Waals surface area (Å²) in [5.74, 6) is 0.363. The molecular formula is C16H17FO2. The first-order valence-corrected chi connectivity index (χ1v) is 6.95. The summed E-state index contributed by atoms with van der Waals surface area (Å²) in [4.78, 5) is 12.2. The van der Waals surface area contributed by atoms with Crippen LogP contribution in [0.5, 0.6) is 0 Å². The SMILES string of the molecule is O=C(CC1CCCCC1)c1cc2cccc(F)c2o1. The average molecular weight is 260 g/mol. The molecule has 0 atom stereocenters. The van der Waals surface area contributed by atoms with Crippen LogP contribution in [0, 0.1) is 11.7 Å². The Labute approximate surface area is 111 Å². The molecular weight excluding hydrogens is 243 g/mol. The number of halogens is 1. The molecule has 100 valence electrons. The molecule has 0 N–H and O–H groups in total. The van der Waals surface area contributed by atoms with Crippen LogP contribution >= 0.6 is 0 Å². The standard InChI is InChI=1S/C16H17FO2/c17-13-8-4-7-12-10-15(19-16(12)13)14(18)9-11-5-2-1-3-6-11/h4,7-8,10-11H,1-3,5-6,9H2. The number of rotatable bonds is 3. The van der Waals surface area contributed by atoms with Crippen molar-refractivity contribution >= 4 is 16.8 Å². The lowest BCUT2D eigenvalue weighted by Crippen LogP contribution is -2.11. The summed E-state index contributed by atoms with van der Waals surface area (Å²) in [6.45, 7) is 0. The number of Topliss-reactive ketones (excluding diaryl/α,β-unsaturated/α-hetero) is 1. The Kier molecular flexibility index (Phi) is 3.36. The molecule has 19 heavy (non-hydrogen) atoms. The summed E-state index contributed by atoms with van der Waals surface area (Å²) in [6.07, 6.45) is 6.49. The number of para-hydroxylation sites is 1. The number of carbonyl (C=O) groups is 1. The third kappa shape index (κ3) is 2.55. The summed E-state index contributed by atoms with van der Waals surface area (Å²) in [7, 11) is 0. The fourth-order valence-electron chi connectivity index (χ4n) is 2.92. The van der Waals surface area contributed by atoms with Crippen molar-refractivity contribution in [3.05, 3.63) is 35.8 Å². The molecule has 0 unspecified atom stereocenters. The van der Waals surface area contributed by atoms with Gasteiger partial charge in [0.15, 0.2) is 22.9 Å². The quantitative estimate of drug-likeness (QED) is 0.747. The lowest BCUT2D eigenvalue weighted by atomic mass is 9.85. The first-order chi connectivity index (χ1) is 9.24. The zero-order chi connectivity index (χ0) is 13.2. The minimum atomic E-state index is -0.408. The molecule has 0 amide bonds. The highest BCUT2D eigenvalue weighted by Gasteiger charge is 2.20. The Bertz CT molecular complexity index is 594. The normalized spacial score (nSPS) is 16.9. The average Bonchev–Trinajstić information content (AvgIpc) is 2.85. The van der Waals surface area contributed by atoms with Gasteiger partial charge in [0.25, 0.3) is 0 Å². The van der Waals surface area contributed by atoms with Gasteiger partial charge in [0.05, 0.1) is 0 Å². The van der Waals surface area contributed by atoms with E-state index in [-0.39, 0.29) is 11.4 Å². The maximum Gasteiger partial charge on any atom is 0.198 e. The van der Waals surface area contributed by atoms with E-state index in [4.69, 9.17) is 4.42 Å². The van der Waals surface area contributed by atoms with Gasteiger partial charge in [0, 0.05) is 11.8 Å². The van der Waals surface area contributed by atoms with Crippen molar-refractivity contribution in [2.45, 2.75) is 38.5 Å². The van der Waals surface area contributed by atoms with Gasteiger partial charge in [-0.25, -0.2) is 4.39 Å². The van der Waals surface area contributed by atoms with Crippen LogP contribution in [0.4, 0.5) is 4.39 Å². The summed E-state index contributed by atoms with van der Waals surface area (Å²) in [5.41, 5.74) is 0.189. The molecule has 1 aliphatic rings. The lowest BCUT2D eigenvalue weighted by molar-refractivity contribution is 0.0925. The van der Waals surface area contributed by atoms with Crippen molar-refractivity contribution in [2.24, 2.45) is 5.92 Å². The Hall–Kier alpha value is -1.64. The van der Waals surface area contributed by atoms with Gasteiger partial charge in [-0.2, -0.15) is 0 Å².